The van der Waals surface area contributed by atoms with Crippen LogP contribution in [0.1, 0.15) is 23.7 Å². The number of nitrogens with zero attached hydrogens (tertiary/aromatic N) is 1. The van der Waals surface area contributed by atoms with Gasteiger partial charge in [0.1, 0.15) is 5.82 Å². The van der Waals surface area contributed by atoms with E-state index in [9.17, 15) is 4.79 Å². The number of carbonyl (C=O) groups is 1. The van der Waals surface area contributed by atoms with Crippen molar-refractivity contribution in [3.63, 3.8) is 0 Å². The number of carbonyl (C=O) groups excluding carboxylic acids is 1. The van der Waals surface area contributed by atoms with Gasteiger partial charge in [0.2, 0.25) is 0 Å². The number of nitrogens with one attached hydrogen (secondary N) is 2. The van der Waals surface area contributed by atoms with Gasteiger partial charge in [-0.2, -0.15) is 0 Å². The molecule has 0 fully saturated rings. The van der Waals surface area contributed by atoms with E-state index in [0.29, 0.717) is 22.1 Å². The Balaban J connectivity index is 2.18. The van der Waals surface area contributed by atoms with Crippen molar-refractivity contribution in [1.29, 1.82) is 0 Å². The van der Waals surface area contributed by atoms with E-state index < -0.39 is 0 Å². The van der Waals surface area contributed by atoms with Gasteiger partial charge < -0.3 is 10.6 Å². The van der Waals surface area contributed by atoms with E-state index >= 15 is 0 Å². The highest BCUT2D eigenvalue weighted by Crippen LogP contribution is 2.26. The maximum Gasteiger partial charge on any atom is 0.259 e. The van der Waals surface area contributed by atoms with Gasteiger partial charge in [-0.3, -0.25) is 4.79 Å². The fraction of sp³-hybridized carbons (Fsp3) is 0.200. The molecule has 0 saturated heterocycles. The van der Waals surface area contributed by atoms with Crippen LogP contribution in [0, 0.1) is 0 Å². The first-order valence-electron chi connectivity index (χ1n) is 6.57. The Morgan fingerprint density at radius 3 is 2.90 bits per heavy atom. The summed E-state index contributed by atoms with van der Waals surface area (Å²) in [5, 5.41) is 6.51. The van der Waals surface area contributed by atoms with Gasteiger partial charge >= 0.3 is 0 Å². The van der Waals surface area contributed by atoms with Crippen LogP contribution >= 0.6 is 27.5 Å². The first-order valence-corrected chi connectivity index (χ1v) is 7.74. The Bertz CT molecular complexity index is 649. The van der Waals surface area contributed by atoms with E-state index in [-0.39, 0.29) is 5.91 Å². The van der Waals surface area contributed by atoms with Gasteiger partial charge in [0.15, 0.2) is 0 Å². The number of aromatic nitrogens is 1. The minimum atomic E-state index is -0.222. The Morgan fingerprint density at radius 1 is 1.38 bits per heavy atom. The van der Waals surface area contributed by atoms with Crippen molar-refractivity contribution in [2.24, 2.45) is 0 Å². The molecule has 2 rings (SSSR count). The third-order valence-electron chi connectivity index (χ3n) is 2.77. The van der Waals surface area contributed by atoms with Gasteiger partial charge in [-0.1, -0.05) is 18.5 Å². The number of hydrogen-bond donors (Lipinski definition) is 2. The van der Waals surface area contributed by atoms with Crippen LogP contribution in [0.3, 0.4) is 0 Å². The van der Waals surface area contributed by atoms with Crippen LogP contribution in [-0.4, -0.2) is 17.4 Å². The van der Waals surface area contributed by atoms with E-state index in [2.05, 4.69) is 38.5 Å². The molecule has 1 aromatic carbocycles. The molecule has 2 N–H and O–H groups in total. The largest absolute Gasteiger partial charge is 0.369 e. The zero-order valence-corrected chi connectivity index (χ0v) is 13.8. The lowest BCUT2D eigenvalue weighted by atomic mass is 10.2. The van der Waals surface area contributed by atoms with Crippen molar-refractivity contribution in [3.8, 4) is 0 Å². The van der Waals surface area contributed by atoms with Crippen LogP contribution in [0.4, 0.5) is 11.5 Å². The highest BCUT2D eigenvalue weighted by Gasteiger charge is 2.12. The van der Waals surface area contributed by atoms with Gasteiger partial charge in [-0.15, -0.1) is 0 Å². The first-order chi connectivity index (χ1) is 10.1. The number of halogens is 2. The molecule has 4 nitrogen and oxygen atoms in total. The molecule has 1 heterocycles. The van der Waals surface area contributed by atoms with Crippen molar-refractivity contribution in [3.05, 3.63) is 51.6 Å². The molecular weight excluding hydrogens is 354 g/mol. The molecule has 0 aliphatic rings. The van der Waals surface area contributed by atoms with Crippen LogP contribution in [-0.2, 0) is 0 Å². The second kappa shape index (κ2) is 7.43. The monoisotopic (exact) mass is 367 g/mol. The number of rotatable bonds is 5. The van der Waals surface area contributed by atoms with Crippen LogP contribution in [0.2, 0.25) is 5.02 Å². The average molecular weight is 369 g/mol. The van der Waals surface area contributed by atoms with Crippen molar-refractivity contribution in [1.82, 2.24) is 4.98 Å². The van der Waals surface area contributed by atoms with E-state index in [0.717, 1.165) is 17.4 Å². The van der Waals surface area contributed by atoms with Crippen LogP contribution in [0.25, 0.3) is 0 Å². The topological polar surface area (TPSA) is 54.0 Å². The maximum absolute atomic E-state index is 12.3. The lowest BCUT2D eigenvalue weighted by Crippen LogP contribution is -2.16. The molecule has 21 heavy (non-hydrogen) atoms. The molecule has 1 aromatic heterocycles. The maximum atomic E-state index is 12.3. The SMILES string of the molecule is CCCNc1ncccc1C(=O)Nc1ccc(Br)c(Cl)c1. The number of benzene rings is 1. The standard InChI is InChI=1S/C15H15BrClN3O/c1-2-7-18-14-11(4-3-8-19-14)15(21)20-10-5-6-12(16)13(17)9-10/h3-6,8-9H,2,7H2,1H3,(H,18,19)(H,20,21). The van der Waals surface area contributed by atoms with Gasteiger partial charge in [-0.05, 0) is 52.7 Å². The summed E-state index contributed by atoms with van der Waals surface area (Å²) in [6, 6.07) is 8.74. The van der Waals surface area contributed by atoms with Crippen molar-refractivity contribution in [2.45, 2.75) is 13.3 Å². The molecule has 0 atom stereocenters. The van der Waals surface area contributed by atoms with Crippen molar-refractivity contribution < 1.29 is 4.79 Å². The van der Waals surface area contributed by atoms with Crippen LogP contribution in [0.5, 0.6) is 0 Å². The molecule has 0 aliphatic heterocycles. The second-order valence-corrected chi connectivity index (χ2v) is 5.67. The summed E-state index contributed by atoms with van der Waals surface area (Å²) >= 11 is 9.34. The predicted octanol–water partition coefficient (Wildman–Crippen LogP) is 4.57. The van der Waals surface area contributed by atoms with Crippen LogP contribution < -0.4 is 10.6 Å². The van der Waals surface area contributed by atoms with Crippen LogP contribution in [0.15, 0.2) is 41.0 Å². The second-order valence-electron chi connectivity index (χ2n) is 4.41. The van der Waals surface area contributed by atoms with Gasteiger partial charge in [0, 0.05) is 22.9 Å². The Labute approximate surface area is 137 Å². The summed E-state index contributed by atoms with van der Waals surface area (Å²) < 4.78 is 0.786. The highest BCUT2D eigenvalue weighted by molar-refractivity contribution is 9.10. The van der Waals surface area contributed by atoms with E-state index in [1.807, 2.05) is 0 Å². The Kier molecular flexibility index (Phi) is 5.59. The summed E-state index contributed by atoms with van der Waals surface area (Å²) in [7, 11) is 0. The number of hydrogen-bond acceptors (Lipinski definition) is 3. The van der Waals surface area contributed by atoms with Crippen molar-refractivity contribution in [2.75, 3.05) is 17.2 Å². The minimum absolute atomic E-state index is 0.222. The summed E-state index contributed by atoms with van der Waals surface area (Å²) in [4.78, 5) is 16.6. The minimum Gasteiger partial charge on any atom is -0.369 e. The molecule has 0 radical (unpaired) electrons. The summed E-state index contributed by atoms with van der Waals surface area (Å²) in [6.07, 6.45) is 2.62. The molecule has 110 valence electrons. The highest BCUT2D eigenvalue weighted by atomic mass is 79.9. The normalized spacial score (nSPS) is 10.2. The lowest BCUT2D eigenvalue weighted by Gasteiger charge is -2.11. The zero-order chi connectivity index (χ0) is 15.2. The fourth-order valence-corrected chi connectivity index (χ4v) is 2.17. The zero-order valence-electron chi connectivity index (χ0n) is 11.5. The Hall–Kier alpha value is -1.59. The predicted molar refractivity (Wildman–Crippen MR) is 90.1 cm³/mol. The summed E-state index contributed by atoms with van der Waals surface area (Å²) in [6.45, 7) is 2.82. The summed E-state index contributed by atoms with van der Waals surface area (Å²) in [5.74, 6) is 0.361. The average Bonchev–Trinajstić information content (AvgIpc) is 2.49. The molecular formula is C15H15BrClN3O. The number of pyridine rings is 1. The fourth-order valence-electron chi connectivity index (χ4n) is 1.75. The van der Waals surface area contributed by atoms with Gasteiger partial charge in [-0.25, -0.2) is 4.98 Å². The van der Waals surface area contributed by atoms with E-state index in [4.69, 9.17) is 11.6 Å². The van der Waals surface area contributed by atoms with Crippen molar-refractivity contribution >= 4 is 44.9 Å². The summed E-state index contributed by atoms with van der Waals surface area (Å²) in [5.41, 5.74) is 1.14. The molecule has 2 aromatic rings. The molecule has 1 amide bonds. The lowest BCUT2D eigenvalue weighted by molar-refractivity contribution is 0.102. The number of anilines is 2. The molecule has 0 bridgehead atoms. The van der Waals surface area contributed by atoms with Gasteiger partial charge in [0.05, 0.1) is 10.6 Å². The van der Waals surface area contributed by atoms with E-state index in [1.54, 1.807) is 36.5 Å². The third-order valence-corrected chi connectivity index (χ3v) is 4.00. The first kappa shape index (κ1) is 15.8. The smallest absolute Gasteiger partial charge is 0.259 e. The molecule has 6 heteroatoms. The molecule has 0 saturated carbocycles. The quantitative estimate of drug-likeness (QED) is 0.812. The number of amides is 1. The van der Waals surface area contributed by atoms with Gasteiger partial charge in [0.25, 0.3) is 5.91 Å². The third kappa shape index (κ3) is 4.19. The molecule has 0 aliphatic carbocycles. The Morgan fingerprint density at radius 2 is 2.19 bits per heavy atom. The molecule has 0 spiro atoms. The molecule has 0 unspecified atom stereocenters. The van der Waals surface area contributed by atoms with E-state index in [1.165, 1.54) is 0 Å².